The van der Waals surface area contributed by atoms with E-state index in [0.29, 0.717) is 36.8 Å². The van der Waals surface area contributed by atoms with Gasteiger partial charge in [-0.25, -0.2) is 9.97 Å². The lowest BCUT2D eigenvalue weighted by atomic mass is 10.0. The maximum absolute atomic E-state index is 12.4. The number of β-amino-alcohol motifs (C(OH)–C–C–N with tert-alkyl or cyclic N) is 1. The van der Waals surface area contributed by atoms with E-state index in [1.165, 1.54) is 7.11 Å². The fraction of sp³-hybridized carbons (Fsp3) is 0.500. The van der Waals surface area contributed by atoms with Crippen LogP contribution in [0.1, 0.15) is 28.2 Å². The second-order valence-corrected chi connectivity index (χ2v) is 6.13. The number of aromatic nitrogens is 3. The fourth-order valence-corrected chi connectivity index (χ4v) is 2.84. The monoisotopic (exact) mass is 347 g/mol. The first-order chi connectivity index (χ1) is 12.0. The predicted octanol–water partition coefficient (Wildman–Crippen LogP) is 0.291. The Morgan fingerprint density at radius 2 is 2.24 bits per heavy atom. The number of hydrogen-bond donors (Lipinski definition) is 2. The van der Waals surface area contributed by atoms with Crippen molar-refractivity contribution in [2.45, 2.75) is 25.6 Å². The molecular formula is C16H21N5O4. The Morgan fingerprint density at radius 3 is 2.96 bits per heavy atom. The van der Waals surface area contributed by atoms with Crippen LogP contribution in [0.3, 0.4) is 0 Å². The largest absolute Gasteiger partial charge is 0.386 e. The summed E-state index contributed by atoms with van der Waals surface area (Å²) in [6, 6.07) is 1.74. The number of nitrogens with one attached hydrogen (secondary N) is 1. The molecule has 9 nitrogen and oxygen atoms in total. The van der Waals surface area contributed by atoms with E-state index in [0.717, 1.165) is 0 Å². The molecule has 1 aliphatic heterocycles. The number of hydrogen-bond acceptors (Lipinski definition) is 8. The van der Waals surface area contributed by atoms with Gasteiger partial charge in [-0.2, -0.15) is 0 Å². The summed E-state index contributed by atoms with van der Waals surface area (Å²) in [5, 5.41) is 17.2. The van der Waals surface area contributed by atoms with Gasteiger partial charge in [0.05, 0.1) is 18.7 Å². The lowest BCUT2D eigenvalue weighted by molar-refractivity contribution is 0.0571. The van der Waals surface area contributed by atoms with E-state index in [9.17, 15) is 9.90 Å². The Labute approximate surface area is 145 Å². The van der Waals surface area contributed by atoms with Crippen LogP contribution in [0, 0.1) is 6.92 Å². The Morgan fingerprint density at radius 1 is 1.48 bits per heavy atom. The average molecular weight is 347 g/mol. The average Bonchev–Trinajstić information content (AvgIpc) is 3.19. The van der Waals surface area contributed by atoms with Crippen LogP contribution in [0.4, 0.5) is 5.95 Å². The van der Waals surface area contributed by atoms with E-state index in [2.05, 4.69) is 20.4 Å². The van der Waals surface area contributed by atoms with Gasteiger partial charge in [0.25, 0.3) is 5.91 Å². The van der Waals surface area contributed by atoms with Crippen LogP contribution >= 0.6 is 0 Å². The minimum Gasteiger partial charge on any atom is -0.386 e. The Balaban J connectivity index is 1.61. The number of aliphatic hydroxyl groups is 1. The van der Waals surface area contributed by atoms with Crippen molar-refractivity contribution >= 4 is 11.9 Å². The van der Waals surface area contributed by atoms with Gasteiger partial charge in [0, 0.05) is 32.6 Å². The molecule has 0 bridgehead atoms. The van der Waals surface area contributed by atoms with Crippen molar-refractivity contribution < 1.29 is 19.2 Å². The van der Waals surface area contributed by atoms with Gasteiger partial charge in [-0.3, -0.25) is 4.79 Å². The number of amides is 1. The van der Waals surface area contributed by atoms with E-state index >= 15 is 0 Å². The van der Waals surface area contributed by atoms with Crippen molar-refractivity contribution in [1.29, 1.82) is 0 Å². The van der Waals surface area contributed by atoms with Crippen molar-refractivity contribution in [2.24, 2.45) is 0 Å². The molecule has 2 N–H and O–H groups in total. The van der Waals surface area contributed by atoms with E-state index in [1.807, 2.05) is 4.90 Å². The van der Waals surface area contributed by atoms with Gasteiger partial charge in [-0.15, -0.1) is 0 Å². The van der Waals surface area contributed by atoms with Crippen LogP contribution in [0.25, 0.3) is 0 Å². The molecule has 3 rings (SSSR count). The lowest BCUT2D eigenvalue weighted by Crippen LogP contribution is -2.45. The first kappa shape index (κ1) is 17.3. The fourth-order valence-electron chi connectivity index (χ4n) is 2.84. The molecule has 1 saturated heterocycles. The van der Waals surface area contributed by atoms with Crippen molar-refractivity contribution in [3.63, 3.8) is 0 Å². The van der Waals surface area contributed by atoms with E-state index in [1.54, 1.807) is 25.4 Å². The number of aryl methyl sites for hydroxylation is 1. The van der Waals surface area contributed by atoms with Crippen LogP contribution in [0.15, 0.2) is 23.0 Å². The molecule has 1 amide bonds. The second kappa shape index (κ2) is 7.16. The minimum atomic E-state index is -1.05. The third-order valence-corrected chi connectivity index (χ3v) is 4.23. The molecule has 2 aromatic rings. The summed E-state index contributed by atoms with van der Waals surface area (Å²) in [6.45, 7) is 3.03. The highest BCUT2D eigenvalue weighted by Gasteiger charge is 2.37. The van der Waals surface area contributed by atoms with Crippen molar-refractivity contribution in [1.82, 2.24) is 20.4 Å². The van der Waals surface area contributed by atoms with Crippen LogP contribution in [-0.4, -0.2) is 58.5 Å². The van der Waals surface area contributed by atoms with Crippen LogP contribution < -0.4 is 10.2 Å². The highest BCUT2D eigenvalue weighted by atomic mass is 16.5. The molecule has 3 heterocycles. The number of carbonyl (C=O) groups is 1. The van der Waals surface area contributed by atoms with Gasteiger partial charge in [-0.05, 0) is 19.4 Å². The molecule has 0 saturated carbocycles. The van der Waals surface area contributed by atoms with Crippen molar-refractivity contribution in [3.8, 4) is 0 Å². The predicted molar refractivity (Wildman–Crippen MR) is 88.1 cm³/mol. The standard InChI is InChI=1S/C16H21N5O4/c1-11-12(8-24-2)13(20-25-11)14(22)19-9-16(23)4-7-21(10-16)15-17-5-3-6-18-15/h3,5-6,23H,4,7-10H2,1-2H3,(H,19,22). The maximum atomic E-state index is 12.4. The van der Waals surface area contributed by atoms with E-state index < -0.39 is 11.5 Å². The zero-order valence-electron chi connectivity index (χ0n) is 14.2. The molecule has 0 radical (unpaired) electrons. The zero-order valence-corrected chi connectivity index (χ0v) is 14.2. The van der Waals surface area contributed by atoms with Crippen LogP contribution in [0.5, 0.6) is 0 Å². The lowest BCUT2D eigenvalue weighted by Gasteiger charge is -2.23. The Bertz CT molecular complexity index is 735. The smallest absolute Gasteiger partial charge is 0.273 e. The summed E-state index contributed by atoms with van der Waals surface area (Å²) >= 11 is 0. The quantitative estimate of drug-likeness (QED) is 0.766. The number of rotatable bonds is 6. The Hall–Kier alpha value is -2.52. The summed E-state index contributed by atoms with van der Waals surface area (Å²) in [4.78, 5) is 22.6. The topological polar surface area (TPSA) is 114 Å². The highest BCUT2D eigenvalue weighted by Crippen LogP contribution is 2.24. The summed E-state index contributed by atoms with van der Waals surface area (Å²) in [5.74, 6) is 0.713. The van der Waals surface area contributed by atoms with Gasteiger partial charge < -0.3 is 24.6 Å². The summed E-state index contributed by atoms with van der Waals surface area (Å²) < 4.78 is 10.1. The number of ether oxygens (including phenoxy) is 1. The van der Waals surface area contributed by atoms with Gasteiger partial charge >= 0.3 is 0 Å². The van der Waals surface area contributed by atoms with Crippen LogP contribution in [-0.2, 0) is 11.3 Å². The van der Waals surface area contributed by atoms with Gasteiger partial charge in [-0.1, -0.05) is 5.16 Å². The molecule has 9 heteroatoms. The minimum absolute atomic E-state index is 0.105. The molecule has 134 valence electrons. The summed E-state index contributed by atoms with van der Waals surface area (Å²) in [5.41, 5.74) is -0.253. The number of carbonyl (C=O) groups excluding carboxylic acids is 1. The molecule has 1 unspecified atom stereocenters. The summed E-state index contributed by atoms with van der Waals surface area (Å²) in [7, 11) is 1.54. The molecule has 0 aliphatic carbocycles. The molecule has 1 fully saturated rings. The molecule has 2 aromatic heterocycles. The van der Waals surface area contributed by atoms with E-state index in [4.69, 9.17) is 9.26 Å². The van der Waals surface area contributed by atoms with E-state index in [-0.39, 0.29) is 18.8 Å². The van der Waals surface area contributed by atoms with Crippen LogP contribution in [0.2, 0.25) is 0 Å². The Kier molecular flexibility index (Phi) is 4.95. The third-order valence-electron chi connectivity index (χ3n) is 4.23. The molecule has 0 spiro atoms. The first-order valence-corrected chi connectivity index (χ1v) is 7.99. The third kappa shape index (κ3) is 3.77. The van der Waals surface area contributed by atoms with Crippen molar-refractivity contribution in [3.05, 3.63) is 35.5 Å². The summed E-state index contributed by atoms with van der Waals surface area (Å²) in [6.07, 6.45) is 3.83. The number of methoxy groups -OCH3 is 1. The molecular weight excluding hydrogens is 326 g/mol. The molecule has 1 aliphatic rings. The van der Waals surface area contributed by atoms with Crippen molar-refractivity contribution in [2.75, 3.05) is 31.6 Å². The molecule has 25 heavy (non-hydrogen) atoms. The SMILES string of the molecule is COCc1c(C(=O)NCC2(O)CCN(c3ncccn3)C2)noc1C. The number of nitrogens with zero attached hydrogens (tertiary/aromatic N) is 4. The normalized spacial score (nSPS) is 20.0. The van der Waals surface area contributed by atoms with Gasteiger partial charge in [0.1, 0.15) is 11.4 Å². The van der Waals surface area contributed by atoms with Gasteiger partial charge in [0.2, 0.25) is 5.95 Å². The zero-order chi connectivity index (χ0) is 17.9. The van der Waals surface area contributed by atoms with Gasteiger partial charge in [0.15, 0.2) is 5.69 Å². The number of anilines is 1. The molecule has 0 aromatic carbocycles. The maximum Gasteiger partial charge on any atom is 0.273 e. The second-order valence-electron chi connectivity index (χ2n) is 6.13. The highest BCUT2D eigenvalue weighted by molar-refractivity contribution is 5.93. The first-order valence-electron chi connectivity index (χ1n) is 7.99. The molecule has 1 atom stereocenters.